The Morgan fingerprint density at radius 2 is 1.74 bits per heavy atom. The second-order valence-electron chi connectivity index (χ2n) is 9.89. The zero-order valence-corrected chi connectivity index (χ0v) is 19.6. The van der Waals surface area contributed by atoms with Crippen molar-refractivity contribution in [1.29, 1.82) is 0 Å². The molecule has 0 spiro atoms. The topological polar surface area (TPSA) is 161 Å². The van der Waals surface area contributed by atoms with E-state index in [-0.39, 0.29) is 16.9 Å². The number of amides is 1. The molecule has 0 heterocycles. The first-order valence-corrected chi connectivity index (χ1v) is 11.0. The molecule has 3 aliphatic rings. The molecule has 0 aliphatic heterocycles. The van der Waals surface area contributed by atoms with Crippen LogP contribution in [-0.4, -0.2) is 89.4 Å². The average molecular weight is 472 g/mol. The number of benzene rings is 1. The number of Topliss-reactive ketones (excluding diaryl/α,β-unsaturated/α-hetero) is 3. The highest BCUT2D eigenvalue weighted by Crippen LogP contribution is 2.53. The van der Waals surface area contributed by atoms with Crippen LogP contribution in [-0.2, 0) is 14.4 Å². The Hall–Kier alpha value is -3.08. The van der Waals surface area contributed by atoms with Gasteiger partial charge in [0.15, 0.2) is 23.3 Å². The first-order valence-electron chi connectivity index (χ1n) is 11.0. The zero-order chi connectivity index (χ0) is 25.4. The normalized spacial score (nSPS) is 34.8. The number of likely N-dealkylation sites (N-methyl/N-ethyl adjacent to an activating group) is 1. The molecule has 34 heavy (non-hydrogen) atoms. The van der Waals surface area contributed by atoms with Gasteiger partial charge in [-0.3, -0.25) is 24.1 Å². The van der Waals surface area contributed by atoms with Crippen molar-refractivity contribution < 1.29 is 34.5 Å². The maximum absolute atomic E-state index is 13.6. The standard InChI is InChI=1S/C24H29N3O7/c1-9-10-6-7-12(26(2)3)19(29)14(10)18(28)11-8-24(34)16(20(30)13(9)11)17(27(4)5)21(31)15(22(24)32)23(25)33/h6-9,13,15-17,20,29-30,34H,1-5H3,(H2,25,33)/t9-,13?,15?,16?,17-,20-,24+/m0/s1. The number of aromatic hydroxyl groups is 1. The summed E-state index contributed by atoms with van der Waals surface area (Å²) in [5.41, 5.74) is 3.78. The number of hydrogen-bond donors (Lipinski definition) is 4. The fraction of sp³-hybridized carbons (Fsp3) is 0.500. The summed E-state index contributed by atoms with van der Waals surface area (Å²) in [4.78, 5) is 55.0. The van der Waals surface area contributed by atoms with E-state index in [0.717, 1.165) is 6.08 Å². The number of nitrogens with zero attached hydrogens (tertiary/aromatic N) is 2. The summed E-state index contributed by atoms with van der Waals surface area (Å²) in [7, 11) is 6.49. The van der Waals surface area contributed by atoms with Crippen LogP contribution < -0.4 is 10.6 Å². The Bertz CT molecular complexity index is 1160. The van der Waals surface area contributed by atoms with Gasteiger partial charge in [-0.15, -0.1) is 0 Å². The summed E-state index contributed by atoms with van der Waals surface area (Å²) in [5, 5.41) is 34.0. The molecule has 5 N–H and O–H groups in total. The molecule has 0 aromatic heterocycles. The molecule has 1 fully saturated rings. The fourth-order valence-corrected chi connectivity index (χ4v) is 6.01. The highest BCUT2D eigenvalue weighted by Gasteiger charge is 2.66. The van der Waals surface area contributed by atoms with Gasteiger partial charge in [0.1, 0.15) is 11.4 Å². The summed E-state index contributed by atoms with van der Waals surface area (Å²) in [5.74, 6) is -8.59. The van der Waals surface area contributed by atoms with Crippen molar-refractivity contribution in [3.8, 4) is 5.75 Å². The number of fused-ring (bicyclic) bond motifs is 3. The van der Waals surface area contributed by atoms with Crippen molar-refractivity contribution in [2.45, 2.75) is 30.6 Å². The van der Waals surface area contributed by atoms with E-state index in [2.05, 4.69) is 0 Å². The zero-order valence-electron chi connectivity index (χ0n) is 19.6. The Morgan fingerprint density at radius 1 is 1.12 bits per heavy atom. The van der Waals surface area contributed by atoms with Crippen LogP contribution in [0.1, 0.15) is 28.8 Å². The second kappa shape index (κ2) is 7.72. The molecular weight excluding hydrogens is 442 g/mol. The summed E-state index contributed by atoms with van der Waals surface area (Å²) in [6.07, 6.45) is -0.401. The van der Waals surface area contributed by atoms with E-state index in [1.165, 1.54) is 19.0 Å². The number of nitrogens with two attached hydrogens (primary N) is 1. The molecule has 3 aliphatic carbocycles. The smallest absolute Gasteiger partial charge is 0.235 e. The summed E-state index contributed by atoms with van der Waals surface area (Å²) < 4.78 is 0. The molecule has 182 valence electrons. The van der Waals surface area contributed by atoms with Gasteiger partial charge in [0.25, 0.3) is 0 Å². The van der Waals surface area contributed by atoms with Gasteiger partial charge in [-0.05, 0) is 37.7 Å². The number of phenols is 1. The molecule has 4 rings (SSSR count). The van der Waals surface area contributed by atoms with Crippen molar-refractivity contribution in [3.63, 3.8) is 0 Å². The maximum Gasteiger partial charge on any atom is 0.235 e. The lowest BCUT2D eigenvalue weighted by Gasteiger charge is -2.53. The average Bonchev–Trinajstić information content (AvgIpc) is 2.72. The Balaban J connectivity index is 1.97. The third-order valence-corrected chi connectivity index (χ3v) is 7.58. The summed E-state index contributed by atoms with van der Waals surface area (Å²) in [6.45, 7) is 1.77. The SMILES string of the molecule is C[C@H]1c2ccc(N(C)C)c(O)c2C(=O)C2=C[C@]3(O)C(=O)C(C(N)=O)C(=O)[C@@H](N(C)C)C3[C@@H](O)C21. The van der Waals surface area contributed by atoms with Gasteiger partial charge in [-0.25, -0.2) is 0 Å². The molecule has 3 unspecified atom stereocenters. The number of carbonyl (C=O) groups excluding carboxylic acids is 4. The minimum Gasteiger partial charge on any atom is -0.505 e. The van der Waals surface area contributed by atoms with Gasteiger partial charge in [0.2, 0.25) is 5.91 Å². The minimum atomic E-state index is -2.48. The van der Waals surface area contributed by atoms with Crippen LogP contribution in [0.2, 0.25) is 0 Å². The fourth-order valence-electron chi connectivity index (χ4n) is 6.01. The van der Waals surface area contributed by atoms with E-state index in [4.69, 9.17) is 5.73 Å². The van der Waals surface area contributed by atoms with E-state index in [9.17, 15) is 34.5 Å². The number of aliphatic hydroxyl groups is 2. The quantitative estimate of drug-likeness (QED) is 0.414. The molecule has 1 aromatic rings. The van der Waals surface area contributed by atoms with Gasteiger partial charge in [0, 0.05) is 31.5 Å². The number of rotatable bonds is 3. The number of phenolic OH excluding ortho intramolecular Hbond substituents is 1. The van der Waals surface area contributed by atoms with Gasteiger partial charge >= 0.3 is 0 Å². The van der Waals surface area contributed by atoms with Crippen LogP contribution in [0.15, 0.2) is 23.8 Å². The highest BCUT2D eigenvalue weighted by atomic mass is 16.3. The van der Waals surface area contributed by atoms with Gasteiger partial charge < -0.3 is 26.0 Å². The van der Waals surface area contributed by atoms with Crippen LogP contribution in [0.25, 0.3) is 0 Å². The molecule has 0 saturated heterocycles. The van der Waals surface area contributed by atoms with E-state index < -0.39 is 64.7 Å². The highest BCUT2D eigenvalue weighted by molar-refractivity contribution is 6.25. The number of carbonyl (C=O) groups is 4. The lowest BCUT2D eigenvalue weighted by Crippen LogP contribution is -2.71. The lowest BCUT2D eigenvalue weighted by molar-refractivity contribution is -0.174. The van der Waals surface area contributed by atoms with Crippen molar-refractivity contribution in [2.75, 3.05) is 33.1 Å². The molecule has 0 radical (unpaired) electrons. The molecule has 10 nitrogen and oxygen atoms in total. The van der Waals surface area contributed by atoms with Crippen LogP contribution in [0.4, 0.5) is 5.69 Å². The Labute approximate surface area is 196 Å². The van der Waals surface area contributed by atoms with Gasteiger partial charge in [-0.2, -0.15) is 0 Å². The third-order valence-electron chi connectivity index (χ3n) is 7.58. The van der Waals surface area contributed by atoms with E-state index in [1.807, 2.05) is 0 Å². The maximum atomic E-state index is 13.6. The van der Waals surface area contributed by atoms with Gasteiger partial charge in [-0.1, -0.05) is 13.0 Å². The Kier molecular flexibility index (Phi) is 5.47. The van der Waals surface area contributed by atoms with Crippen LogP contribution in [0.5, 0.6) is 5.75 Å². The second-order valence-corrected chi connectivity index (χ2v) is 9.89. The first kappa shape index (κ1) is 24.1. The first-order chi connectivity index (χ1) is 15.8. The van der Waals surface area contributed by atoms with E-state index in [0.29, 0.717) is 11.3 Å². The molecule has 1 aromatic carbocycles. The van der Waals surface area contributed by atoms with E-state index >= 15 is 0 Å². The number of primary amides is 1. The number of aliphatic hydroxyl groups excluding tert-OH is 1. The molecule has 1 amide bonds. The van der Waals surface area contributed by atoms with Crippen LogP contribution in [0, 0.1) is 17.8 Å². The lowest BCUT2D eigenvalue weighted by atomic mass is 9.54. The van der Waals surface area contributed by atoms with E-state index in [1.54, 1.807) is 38.1 Å². The predicted octanol–water partition coefficient (Wildman–Crippen LogP) is -0.794. The largest absolute Gasteiger partial charge is 0.505 e. The number of hydrogen-bond acceptors (Lipinski definition) is 9. The molecule has 0 bridgehead atoms. The predicted molar refractivity (Wildman–Crippen MR) is 121 cm³/mol. The molecular formula is C24H29N3O7. The third kappa shape index (κ3) is 2.98. The van der Waals surface area contributed by atoms with Gasteiger partial charge in [0.05, 0.1) is 23.4 Å². The van der Waals surface area contributed by atoms with Crippen molar-refractivity contribution in [3.05, 3.63) is 34.9 Å². The molecule has 7 atom stereocenters. The van der Waals surface area contributed by atoms with Crippen molar-refractivity contribution in [1.82, 2.24) is 4.90 Å². The summed E-state index contributed by atoms with van der Waals surface area (Å²) >= 11 is 0. The number of ketones is 3. The summed E-state index contributed by atoms with van der Waals surface area (Å²) in [6, 6.07) is 2.19. The van der Waals surface area contributed by atoms with Crippen molar-refractivity contribution >= 4 is 28.9 Å². The van der Waals surface area contributed by atoms with Crippen LogP contribution in [0.3, 0.4) is 0 Å². The van der Waals surface area contributed by atoms with Crippen molar-refractivity contribution in [2.24, 2.45) is 23.5 Å². The Morgan fingerprint density at radius 3 is 2.26 bits per heavy atom. The molecule has 1 saturated carbocycles. The minimum absolute atomic E-state index is 0.0328. The number of anilines is 1. The monoisotopic (exact) mass is 471 g/mol. The van der Waals surface area contributed by atoms with Crippen LogP contribution >= 0.6 is 0 Å². The molecule has 10 heteroatoms.